The summed E-state index contributed by atoms with van der Waals surface area (Å²) in [4.78, 5) is 24.4. The fourth-order valence-corrected chi connectivity index (χ4v) is 3.97. The number of nitrogens with zero attached hydrogens (tertiary/aromatic N) is 3. The van der Waals surface area contributed by atoms with E-state index in [1.54, 1.807) is 6.92 Å². The smallest absolute Gasteiger partial charge is 0.275 e. The maximum Gasteiger partial charge on any atom is 0.275 e. The molecule has 28 heavy (non-hydrogen) atoms. The van der Waals surface area contributed by atoms with Crippen molar-refractivity contribution >= 4 is 28.5 Å². The quantitative estimate of drug-likeness (QED) is 0.808. The van der Waals surface area contributed by atoms with Gasteiger partial charge in [-0.3, -0.25) is 4.79 Å². The highest BCUT2D eigenvalue weighted by Crippen LogP contribution is 2.42. The molecule has 1 amide bonds. The van der Waals surface area contributed by atoms with Gasteiger partial charge in [-0.1, -0.05) is 11.8 Å². The number of methoxy groups -OCH3 is 1. The number of benzene rings is 1. The summed E-state index contributed by atoms with van der Waals surface area (Å²) in [6, 6.07) is 3.88. The summed E-state index contributed by atoms with van der Waals surface area (Å²) in [5.74, 6) is -0.921. The number of amidine groups is 1. The lowest BCUT2D eigenvalue weighted by Gasteiger charge is -2.37. The van der Waals surface area contributed by atoms with Crippen molar-refractivity contribution in [2.75, 3.05) is 12.4 Å². The predicted molar refractivity (Wildman–Crippen MR) is 104 cm³/mol. The van der Waals surface area contributed by atoms with Crippen molar-refractivity contribution in [3.8, 4) is 5.88 Å². The van der Waals surface area contributed by atoms with E-state index < -0.39 is 28.7 Å². The van der Waals surface area contributed by atoms with E-state index >= 15 is 0 Å². The van der Waals surface area contributed by atoms with E-state index in [4.69, 9.17) is 10.5 Å². The van der Waals surface area contributed by atoms with E-state index in [1.807, 2.05) is 0 Å². The van der Waals surface area contributed by atoms with E-state index in [9.17, 15) is 13.6 Å². The van der Waals surface area contributed by atoms with Gasteiger partial charge >= 0.3 is 0 Å². The monoisotopic (exact) mass is 407 g/mol. The molecule has 0 unspecified atom stereocenters. The Morgan fingerprint density at radius 1 is 1.36 bits per heavy atom. The Morgan fingerprint density at radius 3 is 2.75 bits per heavy atom. The van der Waals surface area contributed by atoms with Gasteiger partial charge in [-0.25, -0.2) is 23.7 Å². The number of anilines is 1. The molecule has 3 rings (SSSR count). The zero-order chi connectivity index (χ0) is 20.5. The largest absolute Gasteiger partial charge is 0.480 e. The fraction of sp³-hybridized carbons (Fsp3) is 0.333. The topological polar surface area (TPSA) is 102 Å². The molecule has 0 radical (unpaired) electrons. The highest BCUT2D eigenvalue weighted by Gasteiger charge is 2.45. The Bertz CT molecular complexity index is 925. The Kier molecular flexibility index (Phi) is 5.50. The van der Waals surface area contributed by atoms with Crippen molar-refractivity contribution in [3.05, 3.63) is 47.7 Å². The summed E-state index contributed by atoms with van der Waals surface area (Å²) in [7, 11) is 1.43. The number of thioether (sulfide) groups is 1. The SMILES string of the molecule is COc1cnc(C(=O)Nc2ccc(F)c([C@@]3(C)N=C(N)S[C@H](C)[C@@H]3F)c2)cn1. The molecule has 1 aromatic carbocycles. The highest BCUT2D eigenvalue weighted by atomic mass is 32.2. The van der Waals surface area contributed by atoms with E-state index in [-0.39, 0.29) is 28.0 Å². The molecule has 0 saturated heterocycles. The minimum atomic E-state index is -1.50. The van der Waals surface area contributed by atoms with Gasteiger partial charge in [0.2, 0.25) is 5.88 Å². The predicted octanol–water partition coefficient (Wildman–Crippen LogP) is 2.88. The molecule has 148 valence electrons. The first-order valence-corrected chi connectivity index (χ1v) is 9.26. The Morgan fingerprint density at radius 2 is 2.11 bits per heavy atom. The minimum absolute atomic E-state index is 0.00807. The molecule has 3 N–H and O–H groups in total. The minimum Gasteiger partial charge on any atom is -0.480 e. The summed E-state index contributed by atoms with van der Waals surface area (Å²) in [5, 5.41) is 2.30. The van der Waals surface area contributed by atoms with Crippen LogP contribution in [-0.2, 0) is 5.54 Å². The van der Waals surface area contributed by atoms with Crippen LogP contribution in [-0.4, -0.2) is 39.6 Å². The second kappa shape index (κ2) is 7.70. The molecule has 2 heterocycles. The first-order chi connectivity index (χ1) is 13.2. The number of aromatic nitrogens is 2. The van der Waals surface area contributed by atoms with Gasteiger partial charge < -0.3 is 15.8 Å². The summed E-state index contributed by atoms with van der Waals surface area (Å²) in [6.07, 6.45) is 1.10. The first kappa shape index (κ1) is 20.0. The number of hydrogen-bond acceptors (Lipinski definition) is 7. The highest BCUT2D eigenvalue weighted by molar-refractivity contribution is 8.14. The van der Waals surface area contributed by atoms with Crippen LogP contribution in [0.5, 0.6) is 5.88 Å². The van der Waals surface area contributed by atoms with Crippen molar-refractivity contribution in [1.29, 1.82) is 0 Å². The number of halogens is 2. The third-order valence-electron chi connectivity index (χ3n) is 4.44. The van der Waals surface area contributed by atoms with Crippen LogP contribution in [0.25, 0.3) is 0 Å². The molecule has 0 fully saturated rings. The molecular formula is C18H19F2N5O2S. The molecule has 0 saturated carbocycles. The number of carbonyl (C=O) groups is 1. The summed E-state index contributed by atoms with van der Waals surface area (Å²) in [6.45, 7) is 3.15. The van der Waals surface area contributed by atoms with Gasteiger partial charge in [0.1, 0.15) is 23.2 Å². The van der Waals surface area contributed by atoms with E-state index in [0.717, 1.165) is 17.8 Å². The average Bonchev–Trinajstić information content (AvgIpc) is 2.67. The normalized spacial score (nSPS) is 24.4. The van der Waals surface area contributed by atoms with Crippen LogP contribution in [0, 0.1) is 5.82 Å². The van der Waals surface area contributed by atoms with Gasteiger partial charge in [-0.15, -0.1) is 0 Å². The Labute approximate surface area is 164 Å². The summed E-state index contributed by atoms with van der Waals surface area (Å²) < 4.78 is 34.4. The van der Waals surface area contributed by atoms with Crippen molar-refractivity contribution in [3.63, 3.8) is 0 Å². The number of nitrogens with two attached hydrogens (primary N) is 1. The van der Waals surface area contributed by atoms with Gasteiger partial charge in [-0.2, -0.15) is 0 Å². The summed E-state index contributed by atoms with van der Waals surface area (Å²) >= 11 is 1.10. The van der Waals surface area contributed by atoms with Crippen molar-refractivity contribution in [2.24, 2.45) is 10.7 Å². The Hall–Kier alpha value is -2.75. The lowest BCUT2D eigenvalue weighted by atomic mass is 9.85. The molecule has 1 aromatic heterocycles. The molecule has 3 atom stereocenters. The van der Waals surface area contributed by atoms with Gasteiger partial charge in [0, 0.05) is 16.5 Å². The maximum absolute atomic E-state index is 14.9. The van der Waals surface area contributed by atoms with Gasteiger partial charge in [0.15, 0.2) is 5.17 Å². The fourth-order valence-electron chi connectivity index (χ4n) is 2.96. The van der Waals surface area contributed by atoms with Crippen molar-refractivity contribution in [1.82, 2.24) is 9.97 Å². The lowest BCUT2D eigenvalue weighted by Crippen LogP contribution is -2.44. The number of carbonyl (C=O) groups excluding carboxylic acids is 1. The molecule has 2 aromatic rings. The molecular weight excluding hydrogens is 388 g/mol. The maximum atomic E-state index is 14.9. The van der Waals surface area contributed by atoms with Gasteiger partial charge in [0.05, 0.1) is 19.5 Å². The molecule has 0 bridgehead atoms. The number of alkyl halides is 1. The van der Waals surface area contributed by atoms with Crippen molar-refractivity contribution in [2.45, 2.75) is 30.8 Å². The zero-order valence-corrected chi connectivity index (χ0v) is 16.3. The van der Waals surface area contributed by atoms with Crippen LogP contribution in [0.3, 0.4) is 0 Å². The van der Waals surface area contributed by atoms with E-state index in [2.05, 4.69) is 20.3 Å². The lowest BCUT2D eigenvalue weighted by molar-refractivity contribution is 0.102. The Balaban J connectivity index is 1.91. The molecule has 0 spiro atoms. The van der Waals surface area contributed by atoms with E-state index in [1.165, 1.54) is 38.6 Å². The van der Waals surface area contributed by atoms with Crippen LogP contribution in [0.1, 0.15) is 29.9 Å². The number of hydrogen-bond donors (Lipinski definition) is 2. The average molecular weight is 407 g/mol. The third-order valence-corrected chi connectivity index (χ3v) is 5.38. The molecule has 1 aliphatic rings. The van der Waals surface area contributed by atoms with Crippen LogP contribution in [0.15, 0.2) is 35.6 Å². The van der Waals surface area contributed by atoms with Crippen LogP contribution in [0.2, 0.25) is 0 Å². The molecule has 10 heteroatoms. The van der Waals surface area contributed by atoms with E-state index in [0.29, 0.717) is 0 Å². The third kappa shape index (κ3) is 3.77. The molecule has 0 aliphatic carbocycles. The van der Waals surface area contributed by atoms with Crippen LogP contribution in [0.4, 0.5) is 14.5 Å². The molecule has 1 aliphatic heterocycles. The van der Waals surface area contributed by atoms with Crippen LogP contribution < -0.4 is 15.8 Å². The number of ether oxygens (including phenoxy) is 1. The number of amides is 1. The standard InChI is InChI=1S/C18H19F2N5O2S/c1-9-15(20)18(2,25-17(21)28-9)11-6-10(4-5-12(11)19)24-16(26)13-7-23-14(27-3)8-22-13/h4-9,15H,1-3H3,(H2,21,25)(H,24,26)/t9-,15+,18-/m1/s1. The van der Waals surface area contributed by atoms with Gasteiger partial charge in [0.25, 0.3) is 5.91 Å². The second-order valence-electron chi connectivity index (χ2n) is 6.42. The van der Waals surface area contributed by atoms with Crippen LogP contribution >= 0.6 is 11.8 Å². The van der Waals surface area contributed by atoms with Gasteiger partial charge in [-0.05, 0) is 32.0 Å². The number of aliphatic imine (C=N–C) groups is 1. The molecule has 7 nitrogen and oxygen atoms in total. The number of nitrogens with one attached hydrogen (secondary N) is 1. The number of rotatable bonds is 4. The van der Waals surface area contributed by atoms with Crippen molar-refractivity contribution < 1.29 is 18.3 Å². The summed E-state index contributed by atoms with van der Waals surface area (Å²) in [5.41, 5.74) is 4.62. The first-order valence-electron chi connectivity index (χ1n) is 8.38. The zero-order valence-electron chi connectivity index (χ0n) is 15.4. The second-order valence-corrected chi connectivity index (χ2v) is 7.81.